The fourth-order valence-electron chi connectivity index (χ4n) is 2.25. The second-order valence-electron chi connectivity index (χ2n) is 6.40. The Morgan fingerprint density at radius 1 is 1.10 bits per heavy atom. The molecule has 0 aliphatic rings. The van der Waals surface area contributed by atoms with Crippen molar-refractivity contribution in [3.63, 3.8) is 0 Å². The van der Waals surface area contributed by atoms with Gasteiger partial charge in [-0.1, -0.05) is 45.0 Å². The highest BCUT2D eigenvalue weighted by atomic mass is 79.9. The fraction of sp³-hybridized carbons (Fsp3) is 0.471. The van der Waals surface area contributed by atoms with E-state index in [-0.39, 0.29) is 5.41 Å². The van der Waals surface area contributed by atoms with Crippen molar-refractivity contribution in [2.24, 2.45) is 7.05 Å². The summed E-state index contributed by atoms with van der Waals surface area (Å²) < 4.78 is 3.18. The van der Waals surface area contributed by atoms with E-state index in [1.165, 1.54) is 11.1 Å². The molecule has 0 saturated carbocycles. The number of aromatic nitrogens is 2. The van der Waals surface area contributed by atoms with E-state index in [2.05, 4.69) is 70.5 Å². The van der Waals surface area contributed by atoms with Crippen LogP contribution in [-0.4, -0.2) is 9.55 Å². The molecule has 0 spiro atoms. The van der Waals surface area contributed by atoms with Gasteiger partial charge in [0.2, 0.25) is 0 Å². The second-order valence-corrected chi connectivity index (χ2v) is 7.15. The first kappa shape index (κ1) is 15.3. The Labute approximate surface area is 130 Å². The number of aryl methyl sites for hydroxylation is 3. The molecule has 0 aliphatic heterocycles. The molecule has 1 heterocycles. The van der Waals surface area contributed by atoms with E-state index in [9.17, 15) is 0 Å². The number of hydrogen-bond acceptors (Lipinski definition) is 1. The normalized spacial score (nSPS) is 11.9. The van der Waals surface area contributed by atoms with E-state index in [4.69, 9.17) is 0 Å². The summed E-state index contributed by atoms with van der Waals surface area (Å²) in [7, 11) is 2.04. The van der Waals surface area contributed by atoms with Crippen molar-refractivity contribution in [1.29, 1.82) is 0 Å². The molecule has 1 aromatic heterocycles. The number of rotatable bonds is 3. The summed E-state index contributed by atoms with van der Waals surface area (Å²) in [6, 6.07) is 8.97. The van der Waals surface area contributed by atoms with Gasteiger partial charge in [0.1, 0.15) is 10.4 Å². The molecule has 0 bridgehead atoms. The van der Waals surface area contributed by atoms with Crippen molar-refractivity contribution in [3.05, 3.63) is 51.5 Å². The number of nitrogens with zero attached hydrogens (tertiary/aromatic N) is 2. The Balaban J connectivity index is 2.06. The minimum Gasteiger partial charge on any atom is -0.326 e. The lowest BCUT2D eigenvalue weighted by Crippen LogP contribution is -2.10. The first-order valence-electron chi connectivity index (χ1n) is 7.06. The van der Waals surface area contributed by atoms with Crippen LogP contribution in [0.15, 0.2) is 28.9 Å². The van der Waals surface area contributed by atoms with Gasteiger partial charge in [-0.3, -0.25) is 0 Å². The van der Waals surface area contributed by atoms with Crippen LogP contribution in [0.5, 0.6) is 0 Å². The summed E-state index contributed by atoms with van der Waals surface area (Å²) in [5, 5.41) is 0. The van der Waals surface area contributed by atoms with E-state index in [1.807, 2.05) is 14.0 Å². The lowest BCUT2D eigenvalue weighted by atomic mass is 9.86. The van der Waals surface area contributed by atoms with Crippen LogP contribution in [0.2, 0.25) is 0 Å². The monoisotopic (exact) mass is 334 g/mol. The highest BCUT2D eigenvalue weighted by Crippen LogP contribution is 2.23. The van der Waals surface area contributed by atoms with E-state index >= 15 is 0 Å². The van der Waals surface area contributed by atoms with Gasteiger partial charge < -0.3 is 4.57 Å². The van der Waals surface area contributed by atoms with Crippen molar-refractivity contribution >= 4 is 15.9 Å². The number of halogens is 1. The lowest BCUT2D eigenvalue weighted by Gasteiger charge is -2.19. The average Bonchev–Trinajstić information content (AvgIpc) is 2.63. The minimum absolute atomic E-state index is 0.222. The Morgan fingerprint density at radius 3 is 2.15 bits per heavy atom. The van der Waals surface area contributed by atoms with Crippen LogP contribution in [0.25, 0.3) is 0 Å². The van der Waals surface area contributed by atoms with Crippen LogP contribution in [0.3, 0.4) is 0 Å². The topological polar surface area (TPSA) is 17.8 Å². The molecule has 0 aliphatic carbocycles. The van der Waals surface area contributed by atoms with Gasteiger partial charge in [0.25, 0.3) is 0 Å². The molecule has 2 aromatic rings. The zero-order valence-electron chi connectivity index (χ0n) is 13.0. The van der Waals surface area contributed by atoms with Gasteiger partial charge in [0, 0.05) is 7.05 Å². The molecular weight excluding hydrogens is 312 g/mol. The largest absolute Gasteiger partial charge is 0.326 e. The van der Waals surface area contributed by atoms with Gasteiger partial charge in [0.05, 0.1) is 5.69 Å². The van der Waals surface area contributed by atoms with Crippen LogP contribution in [0, 0.1) is 6.92 Å². The first-order valence-corrected chi connectivity index (χ1v) is 7.85. The van der Waals surface area contributed by atoms with Gasteiger partial charge in [-0.15, -0.1) is 0 Å². The highest BCUT2D eigenvalue weighted by Gasteiger charge is 2.13. The molecule has 0 saturated heterocycles. The molecule has 2 nitrogen and oxygen atoms in total. The quantitative estimate of drug-likeness (QED) is 0.803. The number of hydrogen-bond donors (Lipinski definition) is 0. The maximum atomic E-state index is 4.60. The van der Waals surface area contributed by atoms with Crippen LogP contribution in [0.1, 0.15) is 43.4 Å². The molecule has 0 fully saturated rings. The van der Waals surface area contributed by atoms with E-state index in [0.717, 1.165) is 29.0 Å². The smallest absolute Gasteiger partial charge is 0.108 e. The van der Waals surface area contributed by atoms with Gasteiger partial charge in [0.15, 0.2) is 0 Å². The summed E-state index contributed by atoms with van der Waals surface area (Å²) in [5.74, 6) is 1.05. The molecule has 3 heteroatoms. The molecule has 108 valence electrons. The Morgan fingerprint density at radius 2 is 1.70 bits per heavy atom. The Hall–Kier alpha value is -1.09. The molecule has 0 amide bonds. The summed E-state index contributed by atoms with van der Waals surface area (Å²) in [6.45, 7) is 8.77. The van der Waals surface area contributed by atoms with Gasteiger partial charge in [-0.2, -0.15) is 0 Å². The lowest BCUT2D eigenvalue weighted by molar-refractivity contribution is 0.590. The van der Waals surface area contributed by atoms with Crippen LogP contribution in [0.4, 0.5) is 0 Å². The predicted molar refractivity (Wildman–Crippen MR) is 88.2 cm³/mol. The van der Waals surface area contributed by atoms with E-state index in [0.29, 0.717) is 0 Å². The van der Waals surface area contributed by atoms with Gasteiger partial charge >= 0.3 is 0 Å². The SMILES string of the molecule is Cc1nc(CCc2ccc(C(C)(C)C)cc2)c(Br)n1C. The minimum atomic E-state index is 0.222. The Bertz CT molecular complexity index is 589. The van der Waals surface area contributed by atoms with Crippen LogP contribution < -0.4 is 0 Å². The van der Waals surface area contributed by atoms with Gasteiger partial charge in [-0.05, 0) is 52.2 Å². The third kappa shape index (κ3) is 3.32. The first-order chi connectivity index (χ1) is 9.29. The number of imidazole rings is 1. The third-order valence-corrected chi connectivity index (χ3v) is 4.77. The molecule has 0 N–H and O–H groups in total. The van der Waals surface area contributed by atoms with Crippen LogP contribution >= 0.6 is 15.9 Å². The molecule has 20 heavy (non-hydrogen) atoms. The molecule has 2 rings (SSSR count). The van der Waals surface area contributed by atoms with Crippen molar-refractivity contribution < 1.29 is 0 Å². The number of benzene rings is 1. The fourth-order valence-corrected chi connectivity index (χ4v) is 2.79. The third-order valence-electron chi connectivity index (χ3n) is 3.79. The standard InChI is InChI=1S/C17H23BrN2/c1-12-19-15(16(18)20(12)5)11-8-13-6-9-14(10-7-13)17(2,3)4/h6-7,9-10H,8,11H2,1-5H3. The zero-order valence-corrected chi connectivity index (χ0v) is 14.6. The zero-order chi connectivity index (χ0) is 14.9. The van der Waals surface area contributed by atoms with Crippen molar-refractivity contribution in [3.8, 4) is 0 Å². The Kier molecular flexibility index (Phi) is 4.38. The molecule has 1 aromatic carbocycles. The molecular formula is C17H23BrN2. The van der Waals surface area contributed by atoms with Crippen molar-refractivity contribution in [2.75, 3.05) is 0 Å². The maximum absolute atomic E-state index is 4.60. The average molecular weight is 335 g/mol. The highest BCUT2D eigenvalue weighted by molar-refractivity contribution is 9.10. The van der Waals surface area contributed by atoms with E-state index in [1.54, 1.807) is 0 Å². The van der Waals surface area contributed by atoms with Gasteiger partial charge in [-0.25, -0.2) is 4.98 Å². The summed E-state index contributed by atoms with van der Waals surface area (Å²) in [6.07, 6.45) is 2.00. The van der Waals surface area contributed by atoms with Crippen molar-refractivity contribution in [2.45, 2.75) is 46.0 Å². The van der Waals surface area contributed by atoms with Crippen molar-refractivity contribution in [1.82, 2.24) is 9.55 Å². The molecule has 0 radical (unpaired) electrons. The summed E-state index contributed by atoms with van der Waals surface area (Å²) in [4.78, 5) is 4.60. The van der Waals surface area contributed by atoms with Crippen LogP contribution in [-0.2, 0) is 25.3 Å². The molecule has 0 unspecified atom stereocenters. The summed E-state index contributed by atoms with van der Waals surface area (Å²) in [5.41, 5.74) is 4.12. The summed E-state index contributed by atoms with van der Waals surface area (Å²) >= 11 is 3.61. The predicted octanol–water partition coefficient (Wildman–Crippen LogP) is 4.57. The maximum Gasteiger partial charge on any atom is 0.108 e. The molecule has 0 atom stereocenters. The second kappa shape index (κ2) is 5.72. The van der Waals surface area contributed by atoms with E-state index < -0.39 is 0 Å².